The van der Waals surface area contributed by atoms with Crippen molar-refractivity contribution >= 4 is 47.6 Å². The third-order valence-corrected chi connectivity index (χ3v) is 6.08. The maximum absolute atomic E-state index is 11.6. The number of halogens is 1. The quantitative estimate of drug-likeness (QED) is 0.302. The number of hydrogen-bond donors (Lipinski definition) is 3. The van der Waals surface area contributed by atoms with Crippen LogP contribution >= 0.6 is 35.7 Å². The number of thioether (sulfide) groups is 1. The molecule has 2 aliphatic rings. The molecule has 0 saturated carbocycles. The lowest BCUT2D eigenvalue weighted by Gasteiger charge is -2.43. The molecule has 0 spiro atoms. The zero-order valence-electron chi connectivity index (χ0n) is 14.7. The molecular weight excluding hydrogens is 441 g/mol. The Kier molecular flexibility index (Phi) is 8.08. The van der Waals surface area contributed by atoms with Crippen molar-refractivity contribution in [2.75, 3.05) is 51.3 Å². The Morgan fingerprint density at radius 3 is 2.46 bits per heavy atom. The highest BCUT2D eigenvalue weighted by molar-refractivity contribution is 14.0. The van der Waals surface area contributed by atoms with Crippen LogP contribution in [0.25, 0.3) is 0 Å². The average molecular weight is 471 g/mol. The van der Waals surface area contributed by atoms with Crippen molar-refractivity contribution in [2.45, 2.75) is 31.4 Å². The number of carbonyl (C=O) groups excluding carboxylic acids is 1. The highest BCUT2D eigenvalue weighted by Gasteiger charge is 2.36. The monoisotopic (exact) mass is 471 g/mol. The number of carbonyl (C=O) groups is 1. The van der Waals surface area contributed by atoms with Crippen molar-refractivity contribution in [3.8, 4) is 0 Å². The Labute approximate surface area is 165 Å². The summed E-state index contributed by atoms with van der Waals surface area (Å²) in [6, 6.07) is 0. The summed E-state index contributed by atoms with van der Waals surface area (Å²) in [5, 5.41) is 13.7. The largest absolute Gasteiger partial charge is 0.387 e. The molecule has 1 unspecified atom stereocenters. The molecule has 0 aromatic rings. The van der Waals surface area contributed by atoms with E-state index in [0.717, 1.165) is 50.1 Å². The number of guanidine groups is 1. The fraction of sp³-hybridized carbons (Fsp3) is 0.867. The van der Waals surface area contributed by atoms with Gasteiger partial charge in [0.05, 0.1) is 11.1 Å². The molecule has 7 nitrogen and oxygen atoms in total. The number of piperazine rings is 1. The van der Waals surface area contributed by atoms with Crippen LogP contribution < -0.4 is 11.1 Å². The molecule has 0 bridgehead atoms. The van der Waals surface area contributed by atoms with Crippen LogP contribution in [0.4, 0.5) is 0 Å². The zero-order valence-corrected chi connectivity index (χ0v) is 17.9. The van der Waals surface area contributed by atoms with Gasteiger partial charge in [-0.15, -0.1) is 24.0 Å². The van der Waals surface area contributed by atoms with Crippen LogP contribution in [0.3, 0.4) is 0 Å². The lowest BCUT2D eigenvalue weighted by molar-refractivity contribution is -0.129. The van der Waals surface area contributed by atoms with Gasteiger partial charge in [-0.25, -0.2) is 0 Å². The van der Waals surface area contributed by atoms with Crippen molar-refractivity contribution in [2.24, 2.45) is 10.7 Å². The summed E-state index contributed by atoms with van der Waals surface area (Å²) in [5.74, 6) is 2.30. The Balaban J connectivity index is 0.00000288. The number of primary amides is 1. The Hall–Kier alpha value is -0.260. The maximum Gasteiger partial charge on any atom is 0.237 e. The van der Waals surface area contributed by atoms with E-state index in [4.69, 9.17) is 5.73 Å². The standard InChI is InChI=1S/C15H29N5O2S.HI/c1-14(2,12(16)21)20-7-5-19(6-8-20)13(17-3)18-10-15(22)4-9-23-11-15;/h22H,4-11H2,1-3H3,(H2,16,21)(H,17,18);1H. The van der Waals surface area contributed by atoms with Crippen LogP contribution in [-0.4, -0.2) is 89.2 Å². The van der Waals surface area contributed by atoms with Crippen molar-refractivity contribution < 1.29 is 9.90 Å². The molecule has 140 valence electrons. The van der Waals surface area contributed by atoms with E-state index in [9.17, 15) is 9.90 Å². The smallest absolute Gasteiger partial charge is 0.237 e. The normalized spacial score (nSPS) is 26.2. The molecule has 9 heteroatoms. The van der Waals surface area contributed by atoms with Gasteiger partial charge in [0.15, 0.2) is 5.96 Å². The van der Waals surface area contributed by atoms with Crippen LogP contribution in [0.2, 0.25) is 0 Å². The van der Waals surface area contributed by atoms with Crippen molar-refractivity contribution in [1.82, 2.24) is 15.1 Å². The van der Waals surface area contributed by atoms with Gasteiger partial charge in [0.25, 0.3) is 0 Å². The first-order valence-corrected chi connectivity index (χ1v) is 9.25. The number of hydrogen-bond acceptors (Lipinski definition) is 5. The molecular formula is C15H30IN5O2S. The van der Waals surface area contributed by atoms with Crippen molar-refractivity contribution in [1.29, 1.82) is 0 Å². The van der Waals surface area contributed by atoms with E-state index < -0.39 is 11.1 Å². The average Bonchev–Trinajstić information content (AvgIpc) is 2.95. The summed E-state index contributed by atoms with van der Waals surface area (Å²) < 4.78 is 0. The van der Waals surface area contributed by atoms with Crippen LogP contribution in [0.5, 0.6) is 0 Å². The zero-order chi connectivity index (χ0) is 17.1. The third-order valence-electron chi connectivity index (χ3n) is 4.84. The third kappa shape index (κ3) is 5.12. The first kappa shape index (κ1) is 21.8. The van der Waals surface area contributed by atoms with E-state index in [-0.39, 0.29) is 29.9 Å². The van der Waals surface area contributed by atoms with Gasteiger partial charge in [0, 0.05) is 45.5 Å². The van der Waals surface area contributed by atoms with Gasteiger partial charge in [-0.3, -0.25) is 14.7 Å². The molecule has 0 radical (unpaired) electrons. The molecule has 2 rings (SSSR count). The predicted molar refractivity (Wildman–Crippen MR) is 110 cm³/mol. The summed E-state index contributed by atoms with van der Waals surface area (Å²) in [6.07, 6.45) is 0.822. The van der Waals surface area contributed by atoms with Gasteiger partial charge >= 0.3 is 0 Å². The number of nitrogens with one attached hydrogen (secondary N) is 1. The minimum absolute atomic E-state index is 0. The Bertz CT molecular complexity index is 461. The van der Waals surface area contributed by atoms with Gasteiger partial charge in [-0.1, -0.05) is 0 Å². The number of aliphatic imine (C=N–C) groups is 1. The number of amides is 1. The van der Waals surface area contributed by atoms with Gasteiger partial charge in [0.2, 0.25) is 5.91 Å². The highest BCUT2D eigenvalue weighted by Crippen LogP contribution is 2.27. The number of aliphatic hydroxyl groups is 1. The number of rotatable bonds is 4. The van der Waals surface area contributed by atoms with Crippen molar-refractivity contribution in [3.63, 3.8) is 0 Å². The summed E-state index contributed by atoms with van der Waals surface area (Å²) in [5.41, 5.74) is 4.24. The fourth-order valence-corrected chi connectivity index (χ4v) is 4.24. The molecule has 24 heavy (non-hydrogen) atoms. The fourth-order valence-electron chi connectivity index (χ4n) is 2.94. The Morgan fingerprint density at radius 1 is 1.38 bits per heavy atom. The predicted octanol–water partition coefficient (Wildman–Crippen LogP) is -0.0707. The van der Waals surface area contributed by atoms with Crippen LogP contribution in [0.1, 0.15) is 20.3 Å². The second-order valence-electron chi connectivity index (χ2n) is 6.83. The lowest BCUT2D eigenvalue weighted by atomic mass is 10.0. The van der Waals surface area contributed by atoms with Crippen LogP contribution in [0, 0.1) is 0 Å². The molecule has 0 aliphatic carbocycles. The van der Waals surface area contributed by atoms with Crippen LogP contribution in [0.15, 0.2) is 4.99 Å². The van der Waals surface area contributed by atoms with Gasteiger partial charge in [-0.05, 0) is 26.0 Å². The highest BCUT2D eigenvalue weighted by atomic mass is 127. The van der Waals surface area contributed by atoms with E-state index in [0.29, 0.717) is 6.54 Å². The number of nitrogens with zero attached hydrogens (tertiary/aromatic N) is 3. The summed E-state index contributed by atoms with van der Waals surface area (Å²) in [4.78, 5) is 20.2. The molecule has 4 N–H and O–H groups in total. The summed E-state index contributed by atoms with van der Waals surface area (Å²) in [6.45, 7) is 7.34. The maximum atomic E-state index is 11.6. The Morgan fingerprint density at radius 2 is 2.00 bits per heavy atom. The van der Waals surface area contributed by atoms with Gasteiger partial charge in [0.1, 0.15) is 0 Å². The molecule has 2 heterocycles. The minimum atomic E-state index is -0.629. The summed E-state index contributed by atoms with van der Waals surface area (Å²) in [7, 11) is 1.76. The second kappa shape index (κ2) is 8.91. The van der Waals surface area contributed by atoms with Crippen molar-refractivity contribution in [3.05, 3.63) is 0 Å². The molecule has 0 aromatic heterocycles. The second-order valence-corrected chi connectivity index (χ2v) is 7.93. The minimum Gasteiger partial charge on any atom is -0.387 e. The van der Waals surface area contributed by atoms with E-state index in [1.165, 1.54) is 0 Å². The van der Waals surface area contributed by atoms with E-state index in [1.807, 2.05) is 13.8 Å². The first-order chi connectivity index (χ1) is 10.8. The SMILES string of the molecule is CN=C(NCC1(O)CCSC1)N1CCN(C(C)(C)C(N)=O)CC1.I. The topological polar surface area (TPSA) is 94.2 Å². The van der Waals surface area contributed by atoms with E-state index >= 15 is 0 Å². The molecule has 1 amide bonds. The number of nitrogens with two attached hydrogens (primary N) is 1. The van der Waals surface area contributed by atoms with E-state index in [1.54, 1.807) is 18.8 Å². The molecule has 0 aromatic carbocycles. The molecule has 2 saturated heterocycles. The van der Waals surface area contributed by atoms with Crippen LogP contribution in [-0.2, 0) is 4.79 Å². The molecule has 1 atom stereocenters. The van der Waals surface area contributed by atoms with Gasteiger partial charge in [-0.2, -0.15) is 11.8 Å². The molecule has 2 fully saturated rings. The first-order valence-electron chi connectivity index (χ1n) is 8.09. The van der Waals surface area contributed by atoms with E-state index in [2.05, 4.69) is 20.1 Å². The van der Waals surface area contributed by atoms with Gasteiger partial charge < -0.3 is 21.1 Å². The lowest BCUT2D eigenvalue weighted by Crippen LogP contribution is -2.61. The summed E-state index contributed by atoms with van der Waals surface area (Å²) >= 11 is 1.79. The molecule has 2 aliphatic heterocycles.